The van der Waals surface area contributed by atoms with Gasteiger partial charge in [-0.15, -0.1) is 0 Å². The van der Waals surface area contributed by atoms with Crippen molar-refractivity contribution in [1.82, 2.24) is 15.1 Å². The molecule has 0 spiro atoms. The number of benzene rings is 1. The Kier molecular flexibility index (Phi) is 9.19. The molecule has 0 radical (unpaired) electrons. The summed E-state index contributed by atoms with van der Waals surface area (Å²) in [5.41, 5.74) is 1.88. The molecule has 2 fully saturated rings. The van der Waals surface area contributed by atoms with Gasteiger partial charge < -0.3 is 19.9 Å². The SMILES string of the molecule is CCNC(=NCCc1cccc(C(=O)N(C)C)c1)N1CCC(OCC2CCCC2)CC1. The first-order valence-electron chi connectivity index (χ1n) is 12.0. The summed E-state index contributed by atoms with van der Waals surface area (Å²) in [5.74, 6) is 1.83. The fraction of sp³-hybridized carbons (Fsp3) is 0.680. The number of likely N-dealkylation sites (tertiary alicyclic amines) is 1. The summed E-state index contributed by atoms with van der Waals surface area (Å²) >= 11 is 0. The topological polar surface area (TPSA) is 57.2 Å². The van der Waals surface area contributed by atoms with Crippen LogP contribution in [0.1, 0.15) is 61.4 Å². The summed E-state index contributed by atoms with van der Waals surface area (Å²) in [6.45, 7) is 6.63. The Bertz CT molecular complexity index is 720. The molecular formula is C25H40N4O2. The van der Waals surface area contributed by atoms with Crippen LogP contribution in [-0.2, 0) is 11.2 Å². The molecule has 1 saturated carbocycles. The van der Waals surface area contributed by atoms with Gasteiger partial charge in [0.15, 0.2) is 5.96 Å². The standard InChI is InChI=1S/C25H40N4O2/c1-4-26-25(27-15-12-20-10-7-11-22(18-20)24(30)28(2)3)29-16-13-23(14-17-29)31-19-21-8-5-6-9-21/h7,10-11,18,21,23H,4-6,8-9,12-17,19H2,1-3H3,(H,26,27). The smallest absolute Gasteiger partial charge is 0.253 e. The van der Waals surface area contributed by atoms with Gasteiger partial charge in [-0.1, -0.05) is 25.0 Å². The molecule has 6 nitrogen and oxygen atoms in total. The van der Waals surface area contributed by atoms with Crippen LogP contribution in [0.5, 0.6) is 0 Å². The van der Waals surface area contributed by atoms with Crippen LogP contribution in [0.25, 0.3) is 0 Å². The van der Waals surface area contributed by atoms with Crippen LogP contribution in [0.4, 0.5) is 0 Å². The molecule has 2 aliphatic rings. The summed E-state index contributed by atoms with van der Waals surface area (Å²) in [6.07, 6.45) is 8.83. The van der Waals surface area contributed by atoms with Crippen LogP contribution >= 0.6 is 0 Å². The summed E-state index contributed by atoms with van der Waals surface area (Å²) < 4.78 is 6.22. The Morgan fingerprint density at radius 1 is 1.19 bits per heavy atom. The fourth-order valence-electron chi connectivity index (χ4n) is 4.52. The predicted octanol–water partition coefficient (Wildman–Crippen LogP) is 3.57. The van der Waals surface area contributed by atoms with Crippen molar-refractivity contribution >= 4 is 11.9 Å². The summed E-state index contributed by atoms with van der Waals surface area (Å²) in [4.78, 5) is 21.0. The van der Waals surface area contributed by atoms with E-state index in [2.05, 4.69) is 23.2 Å². The van der Waals surface area contributed by atoms with Gasteiger partial charge >= 0.3 is 0 Å². The maximum atomic E-state index is 12.2. The molecule has 172 valence electrons. The number of nitrogens with zero attached hydrogens (tertiary/aromatic N) is 3. The number of hydrogen-bond acceptors (Lipinski definition) is 3. The molecule has 0 atom stereocenters. The van der Waals surface area contributed by atoms with Gasteiger partial charge in [0.25, 0.3) is 5.91 Å². The molecule has 1 aromatic carbocycles. The normalized spacial score (nSPS) is 18.4. The lowest BCUT2D eigenvalue weighted by atomic mass is 10.1. The van der Waals surface area contributed by atoms with Crippen molar-refractivity contribution in [3.05, 3.63) is 35.4 Å². The molecule has 0 unspecified atom stereocenters. The lowest BCUT2D eigenvalue weighted by Crippen LogP contribution is -2.47. The molecule has 1 heterocycles. The third-order valence-corrected chi connectivity index (χ3v) is 6.36. The maximum absolute atomic E-state index is 12.2. The van der Waals surface area contributed by atoms with E-state index in [0.29, 0.717) is 12.6 Å². The highest BCUT2D eigenvalue weighted by molar-refractivity contribution is 5.94. The third-order valence-electron chi connectivity index (χ3n) is 6.36. The Labute approximate surface area is 188 Å². The van der Waals surface area contributed by atoms with Crippen LogP contribution in [0, 0.1) is 5.92 Å². The third kappa shape index (κ3) is 7.23. The highest BCUT2D eigenvalue weighted by Crippen LogP contribution is 2.26. The van der Waals surface area contributed by atoms with Crippen molar-refractivity contribution in [1.29, 1.82) is 0 Å². The minimum absolute atomic E-state index is 0.0386. The van der Waals surface area contributed by atoms with E-state index in [1.165, 1.54) is 25.7 Å². The molecule has 1 aliphatic carbocycles. The van der Waals surface area contributed by atoms with Crippen molar-refractivity contribution in [2.75, 3.05) is 46.9 Å². The molecule has 1 N–H and O–H groups in total. The first-order chi connectivity index (χ1) is 15.1. The van der Waals surface area contributed by atoms with Gasteiger partial charge in [-0.3, -0.25) is 9.79 Å². The van der Waals surface area contributed by atoms with E-state index in [0.717, 1.165) is 68.5 Å². The van der Waals surface area contributed by atoms with Crippen molar-refractivity contribution in [3.63, 3.8) is 0 Å². The minimum Gasteiger partial charge on any atom is -0.378 e. The number of amides is 1. The average Bonchev–Trinajstić information content (AvgIpc) is 3.31. The van der Waals surface area contributed by atoms with Gasteiger partial charge in [-0.05, 0) is 62.6 Å². The Morgan fingerprint density at radius 3 is 2.61 bits per heavy atom. The van der Waals surface area contributed by atoms with E-state index >= 15 is 0 Å². The maximum Gasteiger partial charge on any atom is 0.253 e. The van der Waals surface area contributed by atoms with E-state index < -0.39 is 0 Å². The Balaban J connectivity index is 1.48. The monoisotopic (exact) mass is 428 g/mol. The van der Waals surface area contributed by atoms with Crippen LogP contribution in [-0.4, -0.2) is 74.7 Å². The highest BCUT2D eigenvalue weighted by atomic mass is 16.5. The lowest BCUT2D eigenvalue weighted by Gasteiger charge is -2.34. The largest absolute Gasteiger partial charge is 0.378 e. The van der Waals surface area contributed by atoms with E-state index in [4.69, 9.17) is 9.73 Å². The number of guanidine groups is 1. The van der Waals surface area contributed by atoms with Crippen molar-refractivity contribution in [3.8, 4) is 0 Å². The first kappa shape index (κ1) is 23.6. The first-order valence-corrected chi connectivity index (χ1v) is 12.0. The van der Waals surface area contributed by atoms with E-state index in [-0.39, 0.29) is 5.91 Å². The molecule has 0 bridgehead atoms. The number of ether oxygens (including phenoxy) is 1. The van der Waals surface area contributed by atoms with Crippen LogP contribution in [0.15, 0.2) is 29.3 Å². The summed E-state index contributed by atoms with van der Waals surface area (Å²) in [7, 11) is 3.57. The molecule has 1 saturated heterocycles. The van der Waals surface area contributed by atoms with Gasteiger partial charge in [0.1, 0.15) is 0 Å². The van der Waals surface area contributed by atoms with Gasteiger partial charge in [0, 0.05) is 52.4 Å². The number of rotatable bonds is 8. The number of carbonyl (C=O) groups is 1. The molecule has 1 aliphatic heterocycles. The molecule has 6 heteroatoms. The quantitative estimate of drug-likeness (QED) is 0.508. The molecular weight excluding hydrogens is 388 g/mol. The molecule has 31 heavy (non-hydrogen) atoms. The van der Waals surface area contributed by atoms with Gasteiger partial charge in [-0.2, -0.15) is 0 Å². The van der Waals surface area contributed by atoms with Crippen molar-refractivity contribution in [2.45, 2.75) is 58.0 Å². The van der Waals surface area contributed by atoms with E-state index in [1.807, 2.05) is 18.2 Å². The van der Waals surface area contributed by atoms with Gasteiger partial charge in [0.2, 0.25) is 0 Å². The second kappa shape index (κ2) is 12.1. The number of carbonyl (C=O) groups excluding carboxylic acids is 1. The highest BCUT2D eigenvalue weighted by Gasteiger charge is 2.23. The summed E-state index contributed by atoms with van der Waals surface area (Å²) in [5, 5.41) is 3.45. The Morgan fingerprint density at radius 2 is 1.94 bits per heavy atom. The van der Waals surface area contributed by atoms with Gasteiger partial charge in [-0.25, -0.2) is 0 Å². The minimum atomic E-state index is 0.0386. The molecule has 0 aromatic heterocycles. The zero-order valence-electron chi connectivity index (χ0n) is 19.6. The fourth-order valence-corrected chi connectivity index (χ4v) is 4.52. The number of aliphatic imine (C=N–C) groups is 1. The lowest BCUT2D eigenvalue weighted by molar-refractivity contribution is 0.00102. The van der Waals surface area contributed by atoms with E-state index in [9.17, 15) is 4.79 Å². The van der Waals surface area contributed by atoms with Crippen LogP contribution < -0.4 is 5.32 Å². The molecule has 3 rings (SSSR count). The van der Waals surface area contributed by atoms with Crippen molar-refractivity contribution < 1.29 is 9.53 Å². The zero-order valence-corrected chi connectivity index (χ0v) is 19.6. The number of nitrogens with one attached hydrogen (secondary N) is 1. The Hall–Kier alpha value is -2.08. The number of piperidine rings is 1. The summed E-state index contributed by atoms with van der Waals surface area (Å²) in [6, 6.07) is 7.88. The second-order valence-electron chi connectivity index (χ2n) is 9.06. The zero-order chi connectivity index (χ0) is 22.1. The number of hydrogen-bond donors (Lipinski definition) is 1. The van der Waals surface area contributed by atoms with Gasteiger partial charge in [0.05, 0.1) is 6.10 Å². The van der Waals surface area contributed by atoms with Crippen molar-refractivity contribution in [2.24, 2.45) is 10.9 Å². The second-order valence-corrected chi connectivity index (χ2v) is 9.06. The van der Waals surface area contributed by atoms with Crippen LogP contribution in [0.3, 0.4) is 0 Å². The van der Waals surface area contributed by atoms with Crippen LogP contribution in [0.2, 0.25) is 0 Å². The molecule has 1 aromatic rings. The molecule has 1 amide bonds. The van der Waals surface area contributed by atoms with E-state index in [1.54, 1.807) is 19.0 Å². The average molecular weight is 429 g/mol. The predicted molar refractivity (Wildman–Crippen MR) is 127 cm³/mol.